The zero-order valence-electron chi connectivity index (χ0n) is 15.8. The summed E-state index contributed by atoms with van der Waals surface area (Å²) >= 11 is 17.3. The smallest absolute Gasteiger partial charge is 0.307 e. The minimum atomic E-state index is -0.985. The zero-order valence-corrected chi connectivity index (χ0v) is 19.7. The molecule has 0 saturated carbocycles. The first-order valence-electron chi connectivity index (χ1n) is 8.81. The first-order valence-corrected chi connectivity index (χ1v) is 11.3. The second-order valence-corrected chi connectivity index (χ2v) is 8.94. The van der Waals surface area contributed by atoms with Gasteiger partial charge in [0.1, 0.15) is 5.75 Å². The lowest BCUT2D eigenvalue weighted by molar-refractivity contribution is -0.136. The second-order valence-electron chi connectivity index (χ2n) is 6.22. The predicted octanol–water partition coefficient (Wildman–Crippen LogP) is 6.30. The van der Waals surface area contributed by atoms with Crippen molar-refractivity contribution < 1.29 is 19.4 Å². The Morgan fingerprint density at radius 2 is 1.77 bits per heavy atom. The Balaban J connectivity index is 1.65. The third-order valence-electron chi connectivity index (χ3n) is 3.87. The molecule has 0 aliphatic heterocycles. The Bertz CT molecular complexity index is 1090. The van der Waals surface area contributed by atoms with E-state index >= 15 is 0 Å². The lowest BCUT2D eigenvalue weighted by Gasteiger charge is -2.13. The number of ether oxygens (including phenoxy) is 1. The molecule has 1 amide bonds. The van der Waals surface area contributed by atoms with Gasteiger partial charge in [-0.05, 0) is 64.0 Å². The van der Waals surface area contributed by atoms with Crippen LogP contribution >= 0.6 is 50.9 Å². The Labute approximate surface area is 201 Å². The number of hydrogen-bond donors (Lipinski definition) is 2. The molecule has 31 heavy (non-hydrogen) atoms. The first-order chi connectivity index (χ1) is 14.8. The van der Waals surface area contributed by atoms with Crippen molar-refractivity contribution in [1.82, 2.24) is 4.98 Å². The number of thioether (sulfide) groups is 1. The van der Waals surface area contributed by atoms with E-state index in [9.17, 15) is 9.59 Å². The fourth-order valence-corrected chi connectivity index (χ4v) is 4.29. The van der Waals surface area contributed by atoms with E-state index in [-0.39, 0.29) is 33.9 Å². The van der Waals surface area contributed by atoms with Crippen molar-refractivity contribution in [3.05, 3.63) is 74.9 Å². The summed E-state index contributed by atoms with van der Waals surface area (Å²) in [5.41, 5.74) is 1.06. The van der Waals surface area contributed by atoms with Crippen LogP contribution in [0.2, 0.25) is 10.0 Å². The highest BCUT2D eigenvalue weighted by Gasteiger charge is 2.14. The summed E-state index contributed by atoms with van der Waals surface area (Å²) in [6, 6.07) is 11.7. The van der Waals surface area contributed by atoms with Gasteiger partial charge >= 0.3 is 5.97 Å². The van der Waals surface area contributed by atoms with Gasteiger partial charge in [-0.2, -0.15) is 0 Å². The maximum atomic E-state index is 12.2. The molecule has 3 rings (SSSR count). The topological polar surface area (TPSA) is 88.5 Å². The number of aromatic nitrogens is 1. The number of carbonyl (C=O) groups is 2. The van der Waals surface area contributed by atoms with Crippen molar-refractivity contribution in [3.8, 4) is 11.5 Å². The highest BCUT2D eigenvalue weighted by Crippen LogP contribution is 2.39. The fourth-order valence-electron chi connectivity index (χ4n) is 2.53. The van der Waals surface area contributed by atoms with Crippen LogP contribution in [-0.4, -0.2) is 27.7 Å². The molecule has 0 bridgehead atoms. The van der Waals surface area contributed by atoms with Crippen molar-refractivity contribution in [2.45, 2.75) is 11.3 Å². The summed E-state index contributed by atoms with van der Waals surface area (Å²) in [6.45, 7) is 0. The molecule has 0 fully saturated rings. The van der Waals surface area contributed by atoms with E-state index in [4.69, 9.17) is 33.0 Å². The molecule has 1 aromatic heterocycles. The quantitative estimate of drug-likeness (QED) is 0.325. The lowest BCUT2D eigenvalue weighted by atomic mass is 10.1. The molecule has 0 saturated heterocycles. The summed E-state index contributed by atoms with van der Waals surface area (Å²) in [5, 5.41) is 12.1. The minimum Gasteiger partial charge on any atom is -0.481 e. The molecule has 10 heteroatoms. The summed E-state index contributed by atoms with van der Waals surface area (Å²) in [4.78, 5) is 28.0. The molecule has 0 atom stereocenters. The number of amides is 1. The molecule has 2 aromatic carbocycles. The summed E-state index contributed by atoms with van der Waals surface area (Å²) < 4.78 is 6.39. The van der Waals surface area contributed by atoms with Crippen molar-refractivity contribution in [3.63, 3.8) is 0 Å². The Morgan fingerprint density at radius 3 is 2.39 bits per heavy atom. The monoisotopic (exact) mass is 540 g/mol. The number of nitrogens with one attached hydrogen (secondary N) is 1. The summed E-state index contributed by atoms with van der Waals surface area (Å²) in [7, 11) is 0. The molecule has 0 spiro atoms. The maximum absolute atomic E-state index is 12.2. The number of hydrogen-bond acceptors (Lipinski definition) is 5. The molecule has 0 aliphatic carbocycles. The van der Waals surface area contributed by atoms with Gasteiger partial charge in [-0.1, -0.05) is 23.2 Å². The van der Waals surface area contributed by atoms with Crippen molar-refractivity contribution in [1.29, 1.82) is 0 Å². The van der Waals surface area contributed by atoms with Crippen LogP contribution in [0.15, 0.2) is 64.2 Å². The van der Waals surface area contributed by atoms with Crippen molar-refractivity contribution in [2.24, 2.45) is 0 Å². The van der Waals surface area contributed by atoms with Gasteiger partial charge in [0, 0.05) is 21.8 Å². The third kappa shape index (κ3) is 6.87. The van der Waals surface area contributed by atoms with Gasteiger partial charge < -0.3 is 15.2 Å². The van der Waals surface area contributed by atoms with E-state index < -0.39 is 5.97 Å². The molecule has 6 nitrogen and oxygen atoms in total. The molecule has 160 valence electrons. The van der Waals surface area contributed by atoms with Gasteiger partial charge in [0.05, 0.1) is 27.9 Å². The Hall–Kier alpha value is -2.26. The average molecular weight is 542 g/mol. The van der Waals surface area contributed by atoms with E-state index in [2.05, 4.69) is 26.2 Å². The van der Waals surface area contributed by atoms with Crippen LogP contribution in [0.5, 0.6) is 11.5 Å². The van der Waals surface area contributed by atoms with Crippen molar-refractivity contribution >= 4 is 68.5 Å². The Morgan fingerprint density at radius 1 is 1.10 bits per heavy atom. The third-order valence-corrected chi connectivity index (χ3v) is 6.10. The van der Waals surface area contributed by atoms with Gasteiger partial charge in [0.15, 0.2) is 5.75 Å². The second kappa shape index (κ2) is 10.9. The van der Waals surface area contributed by atoms with Crippen LogP contribution in [0.25, 0.3) is 0 Å². The highest BCUT2D eigenvalue weighted by molar-refractivity contribution is 9.10. The predicted molar refractivity (Wildman–Crippen MR) is 126 cm³/mol. The van der Waals surface area contributed by atoms with E-state index in [1.54, 1.807) is 30.6 Å². The van der Waals surface area contributed by atoms with Gasteiger partial charge in [-0.3, -0.25) is 14.6 Å². The molecule has 1 heterocycles. The van der Waals surface area contributed by atoms with Gasteiger partial charge in [0.2, 0.25) is 5.91 Å². The number of carbonyl (C=O) groups excluding carboxylic acids is 1. The van der Waals surface area contributed by atoms with E-state index in [0.29, 0.717) is 21.5 Å². The molecular formula is C21H15BrCl2N2O4S. The highest BCUT2D eigenvalue weighted by atomic mass is 79.9. The van der Waals surface area contributed by atoms with E-state index in [1.165, 1.54) is 23.9 Å². The van der Waals surface area contributed by atoms with Crippen LogP contribution in [0.3, 0.4) is 0 Å². The normalized spacial score (nSPS) is 10.5. The van der Waals surface area contributed by atoms with Gasteiger partial charge in [0.25, 0.3) is 0 Å². The number of nitrogens with zero attached hydrogens (tertiary/aromatic N) is 1. The van der Waals surface area contributed by atoms with Crippen LogP contribution in [0, 0.1) is 0 Å². The van der Waals surface area contributed by atoms with Gasteiger partial charge in [-0.15, -0.1) is 11.8 Å². The number of benzene rings is 2. The van der Waals surface area contributed by atoms with E-state index in [1.807, 2.05) is 12.1 Å². The minimum absolute atomic E-state index is 0.156. The summed E-state index contributed by atoms with van der Waals surface area (Å²) in [6.07, 6.45) is 3.15. The fraction of sp³-hybridized carbons (Fsp3) is 0.0952. The van der Waals surface area contributed by atoms with Crippen LogP contribution < -0.4 is 10.1 Å². The molecule has 3 aromatic rings. The van der Waals surface area contributed by atoms with Crippen LogP contribution in [0.4, 0.5) is 5.69 Å². The number of pyridine rings is 1. The maximum Gasteiger partial charge on any atom is 0.307 e. The van der Waals surface area contributed by atoms with Gasteiger partial charge in [-0.25, -0.2) is 0 Å². The number of halogens is 3. The zero-order chi connectivity index (χ0) is 22.4. The molecular weight excluding hydrogens is 527 g/mol. The van der Waals surface area contributed by atoms with E-state index in [0.717, 1.165) is 4.90 Å². The number of rotatable bonds is 8. The number of carboxylic acid groups (broad SMARTS) is 1. The van der Waals surface area contributed by atoms with Crippen LogP contribution in [-0.2, 0) is 16.0 Å². The Kier molecular flexibility index (Phi) is 8.20. The number of aliphatic carboxylic acids is 1. The molecule has 0 unspecified atom stereocenters. The number of anilines is 1. The first kappa shape index (κ1) is 23.4. The number of carboxylic acids is 1. The molecule has 2 N–H and O–H groups in total. The largest absolute Gasteiger partial charge is 0.481 e. The SMILES string of the molecule is O=C(O)Cc1cc(Cl)c(Oc2ccc(NC(=O)CSc3ccncc3)c(Br)c2)c(Cl)c1. The van der Waals surface area contributed by atoms with Crippen LogP contribution in [0.1, 0.15) is 5.56 Å². The average Bonchev–Trinajstić information content (AvgIpc) is 2.71. The van der Waals surface area contributed by atoms with Crippen molar-refractivity contribution in [2.75, 3.05) is 11.1 Å². The summed E-state index contributed by atoms with van der Waals surface area (Å²) in [5.74, 6) is -0.235. The molecule has 0 aliphatic rings. The molecule has 0 radical (unpaired) electrons. The standard InChI is InChI=1S/C21H15BrCl2N2O4S/c22-15-10-13(30-21-16(23)7-12(8-17(21)24)9-20(28)29)1-2-18(15)26-19(27)11-31-14-3-5-25-6-4-14/h1-8,10H,9,11H2,(H,26,27)(H,28,29). The lowest BCUT2D eigenvalue weighted by Crippen LogP contribution is -2.14.